The number of nitrogens with one attached hydrogen (secondary N) is 2. The third-order valence-corrected chi connectivity index (χ3v) is 10.1. The second-order valence-corrected chi connectivity index (χ2v) is 15.4. The maximum atomic E-state index is 12.7. The normalized spacial score (nSPS) is 29.5. The van der Waals surface area contributed by atoms with Gasteiger partial charge in [0.2, 0.25) is 5.91 Å². The SMILES string of the molecule is CC(CC(=O)Nc1ccc(N2C(=O)C=CC2=O)cc1)NCCOP(=O)(O)OCC(COC(=O)COC1OC(CO)C(O)C(O)C1O)OC(=O)COC1OC(CO)C(O)C(O)C1O. The van der Waals surface area contributed by atoms with Crippen LogP contribution in [-0.2, 0) is 66.0 Å². The highest BCUT2D eigenvalue weighted by atomic mass is 31.2. The number of phosphoric ester groups is 1. The Bertz CT molecular complexity index is 1730. The molecule has 26 nitrogen and oxygen atoms in total. The van der Waals surface area contributed by atoms with Crippen LogP contribution in [0.25, 0.3) is 0 Å². The molecule has 3 aliphatic heterocycles. The van der Waals surface area contributed by atoms with E-state index in [1.165, 1.54) is 24.3 Å². The number of nitrogens with zero attached hydrogens (tertiary/aromatic N) is 1. The largest absolute Gasteiger partial charge is 0.472 e. The molecule has 2 fully saturated rings. The highest BCUT2D eigenvalue weighted by Gasteiger charge is 2.45. The summed E-state index contributed by atoms with van der Waals surface area (Å²) in [6.07, 6.45) is -16.4. The standard InChI is InChI=1S/C35H50N3O23P/c1-17(10-23(41)37-18-2-4-19(5-3-18)38-24(42)6-7-25(38)43)36-8-9-57-62(52,53)58-14-20(59-27(45)16-56-35-33(51)31(49)29(47)22(12-40)61-35)13-54-26(44)15-55-34-32(50)30(48)28(46)21(11-39)60-34/h2-7,17,20-22,28-36,39-40,46-51H,8-16H2,1H3,(H,37,41)(H,52,53). The Hall–Kier alpha value is -3.90. The monoisotopic (exact) mass is 911 g/mol. The number of hydrogen-bond acceptors (Lipinski definition) is 23. The van der Waals surface area contributed by atoms with E-state index in [9.17, 15) is 74.3 Å². The van der Waals surface area contributed by atoms with E-state index in [2.05, 4.69) is 10.6 Å². The van der Waals surface area contributed by atoms with Gasteiger partial charge in [-0.05, 0) is 31.2 Å². The first-order chi connectivity index (χ1) is 29.3. The molecule has 1 aromatic carbocycles. The number of aliphatic hydroxyl groups is 8. The van der Waals surface area contributed by atoms with Crippen LogP contribution in [-0.4, -0.2) is 202 Å². The van der Waals surface area contributed by atoms with Crippen molar-refractivity contribution in [1.29, 1.82) is 0 Å². The van der Waals surface area contributed by atoms with Gasteiger partial charge in [-0.2, -0.15) is 0 Å². The van der Waals surface area contributed by atoms with E-state index in [1.54, 1.807) is 6.92 Å². The molecular weight excluding hydrogens is 861 g/mol. The quantitative estimate of drug-likeness (QED) is 0.0211. The fourth-order valence-electron chi connectivity index (χ4n) is 5.87. The van der Waals surface area contributed by atoms with Crippen LogP contribution in [0.5, 0.6) is 0 Å². The topological polar surface area (TPSA) is 386 Å². The Morgan fingerprint density at radius 1 is 0.774 bits per heavy atom. The molecule has 1 aromatic rings. The molecule has 27 heteroatoms. The summed E-state index contributed by atoms with van der Waals surface area (Å²) in [6, 6.07) is 5.51. The van der Waals surface area contributed by atoms with Gasteiger partial charge in [0.25, 0.3) is 11.8 Å². The van der Waals surface area contributed by atoms with Gasteiger partial charge >= 0.3 is 19.8 Å². The highest BCUT2D eigenvalue weighted by Crippen LogP contribution is 2.43. The van der Waals surface area contributed by atoms with Crippen LogP contribution in [0.4, 0.5) is 11.4 Å². The van der Waals surface area contributed by atoms with Crippen molar-refractivity contribution >= 4 is 48.9 Å². The summed E-state index contributed by atoms with van der Waals surface area (Å²) in [5, 5.41) is 84.2. The molecule has 0 saturated carbocycles. The number of aliphatic hydroxyl groups excluding tert-OH is 8. The summed E-state index contributed by atoms with van der Waals surface area (Å²) in [6.45, 7) is -4.23. The molecule has 0 radical (unpaired) electrons. The van der Waals surface area contributed by atoms with Gasteiger partial charge < -0.3 is 84.8 Å². The molecule has 3 aliphatic rings. The van der Waals surface area contributed by atoms with Gasteiger partial charge in [0.15, 0.2) is 18.7 Å². The molecule has 348 valence electrons. The Labute approximate surface area is 352 Å². The summed E-state index contributed by atoms with van der Waals surface area (Å²) in [5.41, 5.74) is 0.710. The van der Waals surface area contributed by atoms with Gasteiger partial charge in [0, 0.05) is 36.8 Å². The number of imide groups is 1. The molecule has 3 heterocycles. The third-order valence-electron chi connectivity index (χ3n) is 9.14. The lowest BCUT2D eigenvalue weighted by Gasteiger charge is -2.39. The van der Waals surface area contributed by atoms with Crippen LogP contribution in [0.1, 0.15) is 13.3 Å². The van der Waals surface area contributed by atoms with Crippen LogP contribution in [0, 0.1) is 0 Å². The molecule has 0 aliphatic carbocycles. The lowest BCUT2D eigenvalue weighted by molar-refractivity contribution is -0.301. The zero-order chi connectivity index (χ0) is 45.7. The minimum Gasteiger partial charge on any atom is -0.460 e. The van der Waals surface area contributed by atoms with Crippen molar-refractivity contribution in [3.8, 4) is 0 Å². The van der Waals surface area contributed by atoms with Gasteiger partial charge in [-0.15, -0.1) is 0 Å². The van der Waals surface area contributed by atoms with Crippen molar-refractivity contribution in [3.05, 3.63) is 36.4 Å². The van der Waals surface area contributed by atoms with E-state index in [4.69, 9.17) is 37.5 Å². The molecule has 0 aromatic heterocycles. The number of phosphoric acid groups is 1. The molecular formula is C35H50N3O23P. The Morgan fingerprint density at radius 2 is 1.31 bits per heavy atom. The number of carbonyl (C=O) groups excluding carboxylic acids is 5. The fourth-order valence-corrected chi connectivity index (χ4v) is 6.62. The number of anilines is 2. The van der Waals surface area contributed by atoms with Crippen LogP contribution in [0.15, 0.2) is 36.4 Å². The van der Waals surface area contributed by atoms with Gasteiger partial charge in [-0.1, -0.05) is 0 Å². The summed E-state index contributed by atoms with van der Waals surface area (Å²) < 4.78 is 53.2. The first-order valence-electron chi connectivity index (χ1n) is 18.8. The Morgan fingerprint density at radius 3 is 1.84 bits per heavy atom. The molecule has 2 saturated heterocycles. The van der Waals surface area contributed by atoms with E-state index in [0.29, 0.717) is 11.4 Å². The van der Waals surface area contributed by atoms with Crippen molar-refractivity contribution < 1.29 is 112 Å². The number of ether oxygens (including phenoxy) is 6. The first kappa shape index (κ1) is 50.7. The molecule has 13 atom stereocenters. The van der Waals surface area contributed by atoms with Gasteiger partial charge in [-0.25, -0.2) is 19.1 Å². The van der Waals surface area contributed by atoms with Crippen LogP contribution in [0.3, 0.4) is 0 Å². The lowest BCUT2D eigenvalue weighted by atomic mass is 9.99. The maximum absolute atomic E-state index is 12.7. The zero-order valence-corrected chi connectivity index (χ0v) is 33.8. The fraction of sp³-hybridized carbons (Fsp3) is 0.629. The highest BCUT2D eigenvalue weighted by molar-refractivity contribution is 7.47. The second-order valence-electron chi connectivity index (χ2n) is 13.9. The summed E-state index contributed by atoms with van der Waals surface area (Å²) in [7, 11) is -4.91. The molecule has 0 bridgehead atoms. The molecule has 62 heavy (non-hydrogen) atoms. The minimum absolute atomic E-state index is 0.0541. The molecule has 11 N–H and O–H groups in total. The predicted molar refractivity (Wildman–Crippen MR) is 201 cm³/mol. The first-order valence-corrected chi connectivity index (χ1v) is 20.3. The molecule has 13 unspecified atom stereocenters. The average Bonchev–Trinajstić information content (AvgIpc) is 3.58. The lowest BCUT2D eigenvalue weighted by Crippen LogP contribution is -2.59. The van der Waals surface area contributed by atoms with Gasteiger partial charge in [-0.3, -0.25) is 23.4 Å². The Balaban J connectivity index is 1.24. The predicted octanol–water partition coefficient (Wildman–Crippen LogP) is -5.36. The van der Waals surface area contributed by atoms with Gasteiger partial charge in [0.1, 0.15) is 68.7 Å². The number of amides is 3. The summed E-state index contributed by atoms with van der Waals surface area (Å²) in [4.78, 5) is 72.7. The number of carbonyl (C=O) groups is 5. The van der Waals surface area contributed by atoms with Gasteiger partial charge in [0.05, 0.1) is 32.1 Å². The third kappa shape index (κ3) is 14.6. The van der Waals surface area contributed by atoms with Crippen LogP contribution >= 0.6 is 7.82 Å². The smallest absolute Gasteiger partial charge is 0.460 e. The van der Waals surface area contributed by atoms with Crippen molar-refractivity contribution in [1.82, 2.24) is 5.32 Å². The number of benzene rings is 1. The van der Waals surface area contributed by atoms with Crippen LogP contribution < -0.4 is 15.5 Å². The minimum atomic E-state index is -4.91. The maximum Gasteiger partial charge on any atom is 0.472 e. The van der Waals surface area contributed by atoms with Crippen molar-refractivity contribution in [2.45, 2.75) is 86.9 Å². The zero-order valence-electron chi connectivity index (χ0n) is 32.9. The molecule has 3 amide bonds. The number of rotatable bonds is 23. The second kappa shape index (κ2) is 23.7. The Kier molecular flexibility index (Phi) is 19.4. The van der Waals surface area contributed by atoms with Crippen molar-refractivity contribution in [2.75, 3.05) is 63.0 Å². The van der Waals surface area contributed by atoms with E-state index in [0.717, 1.165) is 17.1 Å². The van der Waals surface area contributed by atoms with E-state index >= 15 is 0 Å². The van der Waals surface area contributed by atoms with E-state index in [1.807, 2.05) is 0 Å². The average molecular weight is 912 g/mol. The summed E-state index contributed by atoms with van der Waals surface area (Å²) >= 11 is 0. The van der Waals surface area contributed by atoms with Crippen molar-refractivity contribution in [2.24, 2.45) is 0 Å². The van der Waals surface area contributed by atoms with E-state index < -0.39 is 157 Å². The van der Waals surface area contributed by atoms with Crippen molar-refractivity contribution in [3.63, 3.8) is 0 Å². The number of esters is 2. The molecule has 0 spiro atoms. The van der Waals surface area contributed by atoms with Crippen LogP contribution in [0.2, 0.25) is 0 Å². The number of hydrogen-bond donors (Lipinski definition) is 11. The summed E-state index contributed by atoms with van der Waals surface area (Å²) in [5.74, 6) is -3.85. The molecule has 4 rings (SSSR count). The van der Waals surface area contributed by atoms with E-state index in [-0.39, 0.29) is 13.0 Å².